The quantitative estimate of drug-likeness (QED) is 0.805. The zero-order chi connectivity index (χ0) is 14.0. The normalized spacial score (nSPS) is 24.5. The van der Waals surface area contributed by atoms with Gasteiger partial charge in [-0.25, -0.2) is 4.39 Å². The molecule has 1 aromatic carbocycles. The lowest BCUT2D eigenvalue weighted by Gasteiger charge is -2.36. The molecule has 1 heterocycles. The van der Waals surface area contributed by atoms with Gasteiger partial charge < -0.3 is 10.0 Å². The smallest absolute Gasteiger partial charge is 0.423 e. The van der Waals surface area contributed by atoms with E-state index in [4.69, 9.17) is 10.0 Å². The summed E-state index contributed by atoms with van der Waals surface area (Å²) in [5.74, 6) is 0.374. The Morgan fingerprint density at radius 3 is 2.68 bits per heavy atom. The number of benzene rings is 1. The molecule has 2 rings (SSSR count). The predicted octanol–water partition coefficient (Wildman–Crippen LogP) is 1.13. The van der Waals surface area contributed by atoms with E-state index in [1.165, 1.54) is 6.07 Å². The molecule has 2 unspecified atom stereocenters. The van der Waals surface area contributed by atoms with Gasteiger partial charge in [-0.1, -0.05) is 19.1 Å². The van der Waals surface area contributed by atoms with Gasteiger partial charge >= 0.3 is 7.12 Å². The third kappa shape index (κ3) is 3.56. The zero-order valence-electron chi connectivity index (χ0n) is 11.5. The minimum atomic E-state index is -1.61. The van der Waals surface area contributed by atoms with E-state index in [-0.39, 0.29) is 11.3 Å². The number of rotatable bonds is 3. The van der Waals surface area contributed by atoms with Crippen molar-refractivity contribution in [3.05, 3.63) is 29.6 Å². The van der Waals surface area contributed by atoms with Gasteiger partial charge in [-0.05, 0) is 43.8 Å². The number of halogens is 1. The Labute approximate surface area is 114 Å². The summed E-state index contributed by atoms with van der Waals surface area (Å²) in [6.45, 7) is 6.01. The maximum atomic E-state index is 13.9. The van der Waals surface area contributed by atoms with Gasteiger partial charge in [0.25, 0.3) is 0 Å². The van der Waals surface area contributed by atoms with Crippen LogP contribution in [-0.4, -0.2) is 34.7 Å². The van der Waals surface area contributed by atoms with Gasteiger partial charge in [-0.3, -0.25) is 4.90 Å². The molecule has 2 N–H and O–H groups in total. The van der Waals surface area contributed by atoms with Gasteiger partial charge in [0.15, 0.2) is 0 Å². The molecule has 1 aromatic rings. The average Bonchev–Trinajstić information content (AvgIpc) is 2.34. The second-order valence-corrected chi connectivity index (χ2v) is 5.67. The van der Waals surface area contributed by atoms with Crippen LogP contribution < -0.4 is 5.46 Å². The first-order chi connectivity index (χ1) is 8.97. The molecule has 19 heavy (non-hydrogen) atoms. The number of hydrogen-bond acceptors (Lipinski definition) is 3. The molecule has 0 amide bonds. The summed E-state index contributed by atoms with van der Waals surface area (Å²) in [5.41, 5.74) is 0.812. The van der Waals surface area contributed by atoms with Crippen molar-refractivity contribution in [1.82, 2.24) is 4.90 Å². The molecule has 0 bridgehead atoms. The van der Waals surface area contributed by atoms with E-state index in [1.807, 2.05) is 0 Å². The van der Waals surface area contributed by atoms with Crippen LogP contribution in [0.3, 0.4) is 0 Å². The highest BCUT2D eigenvalue weighted by molar-refractivity contribution is 6.58. The molecule has 1 aliphatic heterocycles. The largest absolute Gasteiger partial charge is 0.488 e. The number of piperidine rings is 1. The van der Waals surface area contributed by atoms with Crippen molar-refractivity contribution in [1.29, 1.82) is 0 Å². The number of hydrogen-bond donors (Lipinski definition) is 2. The van der Waals surface area contributed by atoms with Crippen molar-refractivity contribution >= 4 is 12.6 Å². The standard InChI is InChI=1S/C14H21BFNO2/c1-10-5-6-17(11(2)7-10)9-12-3-4-13(15(18)19)8-14(12)16/h3-4,8,10-11,18-19H,5-7,9H2,1-2H3. The molecule has 1 fully saturated rings. The first kappa shape index (κ1) is 14.5. The molecule has 5 heteroatoms. The Morgan fingerprint density at radius 1 is 1.37 bits per heavy atom. The summed E-state index contributed by atoms with van der Waals surface area (Å²) in [6.07, 6.45) is 2.30. The fourth-order valence-electron chi connectivity index (χ4n) is 2.76. The molecule has 0 radical (unpaired) electrons. The Balaban J connectivity index is 2.07. The van der Waals surface area contributed by atoms with Crippen LogP contribution in [0.2, 0.25) is 0 Å². The van der Waals surface area contributed by atoms with Gasteiger partial charge in [-0.2, -0.15) is 0 Å². The summed E-state index contributed by atoms with van der Waals surface area (Å²) in [4.78, 5) is 2.29. The maximum Gasteiger partial charge on any atom is 0.488 e. The Bertz CT molecular complexity index is 441. The molecule has 1 saturated heterocycles. The van der Waals surface area contributed by atoms with Crippen LogP contribution >= 0.6 is 0 Å². The summed E-state index contributed by atoms with van der Waals surface area (Å²) in [6, 6.07) is 4.89. The highest BCUT2D eigenvalue weighted by atomic mass is 19.1. The van der Waals surface area contributed by atoms with E-state index in [0.29, 0.717) is 18.2 Å². The van der Waals surface area contributed by atoms with E-state index in [2.05, 4.69) is 18.7 Å². The fraction of sp³-hybridized carbons (Fsp3) is 0.571. The molecule has 1 aliphatic rings. The maximum absolute atomic E-state index is 13.9. The third-order valence-corrected chi connectivity index (χ3v) is 4.02. The first-order valence-electron chi connectivity index (χ1n) is 6.86. The third-order valence-electron chi connectivity index (χ3n) is 4.02. The lowest BCUT2D eigenvalue weighted by Crippen LogP contribution is -2.40. The van der Waals surface area contributed by atoms with Gasteiger partial charge in [0.1, 0.15) is 5.82 Å². The van der Waals surface area contributed by atoms with Gasteiger partial charge in [0.05, 0.1) is 0 Å². The average molecular weight is 265 g/mol. The predicted molar refractivity (Wildman–Crippen MR) is 74.5 cm³/mol. The van der Waals surface area contributed by atoms with Crippen molar-refractivity contribution < 1.29 is 14.4 Å². The Hall–Kier alpha value is -0.905. The summed E-state index contributed by atoms with van der Waals surface area (Å²) < 4.78 is 13.9. The SMILES string of the molecule is CC1CCN(Cc2ccc(B(O)O)cc2F)C(C)C1. The van der Waals surface area contributed by atoms with Crippen LogP contribution in [0.4, 0.5) is 4.39 Å². The molecule has 0 saturated carbocycles. The number of likely N-dealkylation sites (tertiary alicyclic amines) is 1. The van der Waals surface area contributed by atoms with Crippen molar-refractivity contribution in [2.24, 2.45) is 5.92 Å². The lowest BCUT2D eigenvalue weighted by atomic mass is 9.80. The van der Waals surface area contributed by atoms with Crippen molar-refractivity contribution in [2.75, 3.05) is 6.54 Å². The summed E-state index contributed by atoms with van der Waals surface area (Å²) in [5, 5.41) is 18.0. The summed E-state index contributed by atoms with van der Waals surface area (Å²) >= 11 is 0. The molecule has 0 spiro atoms. The minimum absolute atomic E-state index is 0.196. The Kier molecular flexibility index (Phi) is 4.60. The van der Waals surface area contributed by atoms with Crippen molar-refractivity contribution in [2.45, 2.75) is 39.3 Å². The topological polar surface area (TPSA) is 43.7 Å². The van der Waals surface area contributed by atoms with Crippen molar-refractivity contribution in [3.8, 4) is 0 Å². The molecular weight excluding hydrogens is 244 g/mol. The second kappa shape index (κ2) is 6.03. The van der Waals surface area contributed by atoms with Crippen molar-refractivity contribution in [3.63, 3.8) is 0 Å². The molecule has 0 aliphatic carbocycles. The van der Waals surface area contributed by atoms with Crippen LogP contribution in [0.1, 0.15) is 32.3 Å². The fourth-order valence-corrected chi connectivity index (χ4v) is 2.76. The first-order valence-corrected chi connectivity index (χ1v) is 6.86. The minimum Gasteiger partial charge on any atom is -0.423 e. The molecule has 3 nitrogen and oxygen atoms in total. The lowest BCUT2D eigenvalue weighted by molar-refractivity contribution is 0.121. The summed E-state index contributed by atoms with van der Waals surface area (Å²) in [7, 11) is -1.61. The highest BCUT2D eigenvalue weighted by Crippen LogP contribution is 2.24. The van der Waals surface area contributed by atoms with Gasteiger partial charge in [0, 0.05) is 18.2 Å². The second-order valence-electron chi connectivity index (χ2n) is 5.67. The van der Waals surface area contributed by atoms with E-state index < -0.39 is 7.12 Å². The van der Waals surface area contributed by atoms with E-state index in [9.17, 15) is 4.39 Å². The molecular formula is C14H21BFNO2. The van der Waals surface area contributed by atoms with Crippen LogP contribution in [0.15, 0.2) is 18.2 Å². The van der Waals surface area contributed by atoms with Gasteiger partial charge in [0.2, 0.25) is 0 Å². The monoisotopic (exact) mass is 265 g/mol. The van der Waals surface area contributed by atoms with Crippen LogP contribution in [0.5, 0.6) is 0 Å². The van der Waals surface area contributed by atoms with Crippen LogP contribution in [0, 0.1) is 11.7 Å². The molecule has 0 aromatic heterocycles. The van der Waals surface area contributed by atoms with Crippen LogP contribution in [-0.2, 0) is 6.54 Å². The number of nitrogens with zero attached hydrogens (tertiary/aromatic N) is 1. The van der Waals surface area contributed by atoms with E-state index in [1.54, 1.807) is 12.1 Å². The zero-order valence-corrected chi connectivity index (χ0v) is 11.5. The van der Waals surface area contributed by atoms with Crippen LogP contribution in [0.25, 0.3) is 0 Å². The van der Waals surface area contributed by atoms with E-state index >= 15 is 0 Å². The van der Waals surface area contributed by atoms with Gasteiger partial charge in [-0.15, -0.1) is 0 Å². The highest BCUT2D eigenvalue weighted by Gasteiger charge is 2.23. The molecule has 104 valence electrons. The molecule has 2 atom stereocenters. The Morgan fingerprint density at radius 2 is 2.11 bits per heavy atom. The van der Waals surface area contributed by atoms with E-state index in [0.717, 1.165) is 25.3 Å².